The normalized spacial score (nSPS) is 12.1. The van der Waals surface area contributed by atoms with E-state index >= 15 is 0 Å². The van der Waals surface area contributed by atoms with Crippen molar-refractivity contribution < 1.29 is 8.42 Å². The molecule has 0 fully saturated rings. The molecule has 1 N–H and O–H groups in total. The molecule has 4 nitrogen and oxygen atoms in total. The summed E-state index contributed by atoms with van der Waals surface area (Å²) < 4.78 is 26.1. The minimum Gasteiger partial charge on any atom is -0.313 e. The van der Waals surface area contributed by atoms with Crippen LogP contribution in [0.5, 0.6) is 0 Å². The Morgan fingerprint density at radius 1 is 1.32 bits per heavy atom. The second-order valence-electron chi connectivity index (χ2n) is 4.37. The molecule has 0 radical (unpaired) electrons. The predicted octanol–water partition coefficient (Wildman–Crippen LogP) is 2.48. The number of halogens is 1. The Balaban J connectivity index is 3.10. The van der Waals surface area contributed by atoms with Gasteiger partial charge in [-0.3, -0.25) is 0 Å². The zero-order valence-corrected chi connectivity index (χ0v) is 13.2. The molecule has 0 aliphatic heterocycles. The van der Waals surface area contributed by atoms with Gasteiger partial charge in [-0.2, -0.15) is 0 Å². The van der Waals surface area contributed by atoms with Gasteiger partial charge in [-0.1, -0.05) is 31.5 Å². The van der Waals surface area contributed by atoms with Crippen LogP contribution in [0.2, 0.25) is 5.02 Å². The predicted molar refractivity (Wildman–Crippen MR) is 78.9 cm³/mol. The van der Waals surface area contributed by atoms with E-state index in [-0.39, 0.29) is 9.92 Å². The third-order valence-corrected chi connectivity index (χ3v) is 5.14. The topological polar surface area (TPSA) is 49.4 Å². The van der Waals surface area contributed by atoms with E-state index in [0.29, 0.717) is 13.1 Å². The van der Waals surface area contributed by atoms with Crippen molar-refractivity contribution in [2.24, 2.45) is 0 Å². The van der Waals surface area contributed by atoms with Crippen LogP contribution in [-0.4, -0.2) is 32.9 Å². The zero-order chi connectivity index (χ0) is 14.5. The van der Waals surface area contributed by atoms with E-state index in [2.05, 4.69) is 5.32 Å². The third kappa shape index (κ3) is 4.18. The van der Waals surface area contributed by atoms with E-state index in [0.717, 1.165) is 18.5 Å². The van der Waals surface area contributed by atoms with Crippen LogP contribution in [-0.2, 0) is 16.6 Å². The lowest BCUT2D eigenvalue weighted by Crippen LogP contribution is -2.28. The molecular weight excluding hydrogens is 284 g/mol. The second kappa shape index (κ2) is 7.24. The van der Waals surface area contributed by atoms with E-state index in [1.54, 1.807) is 19.2 Å². The van der Waals surface area contributed by atoms with Crippen molar-refractivity contribution in [3.8, 4) is 0 Å². The lowest BCUT2D eigenvalue weighted by atomic mass is 10.2. The molecule has 0 heterocycles. The van der Waals surface area contributed by atoms with Crippen LogP contribution in [0, 0.1) is 0 Å². The average Bonchev–Trinajstić information content (AvgIpc) is 2.37. The van der Waals surface area contributed by atoms with E-state index in [1.165, 1.54) is 4.31 Å². The third-order valence-electron chi connectivity index (χ3n) is 2.80. The van der Waals surface area contributed by atoms with E-state index < -0.39 is 10.0 Å². The molecule has 0 aromatic heterocycles. The first-order valence-electron chi connectivity index (χ1n) is 6.39. The maximum absolute atomic E-state index is 12.4. The molecule has 0 bridgehead atoms. The molecular formula is C13H21ClN2O2S. The number of hydrogen-bond donors (Lipinski definition) is 1. The van der Waals surface area contributed by atoms with Gasteiger partial charge in [0.2, 0.25) is 10.0 Å². The summed E-state index contributed by atoms with van der Waals surface area (Å²) in [5.41, 5.74) is 0.912. The molecule has 0 amide bonds. The summed E-state index contributed by atoms with van der Waals surface area (Å²) in [6, 6.07) is 5.12. The fraction of sp³-hybridized carbons (Fsp3) is 0.538. The average molecular weight is 305 g/mol. The summed E-state index contributed by atoms with van der Waals surface area (Å²) in [5.74, 6) is 0. The Morgan fingerprint density at radius 3 is 2.58 bits per heavy atom. The smallest absolute Gasteiger partial charge is 0.244 e. The summed E-state index contributed by atoms with van der Waals surface area (Å²) in [7, 11) is -1.93. The van der Waals surface area contributed by atoms with Gasteiger partial charge in [-0.15, -0.1) is 0 Å². The number of hydrogen-bond acceptors (Lipinski definition) is 3. The quantitative estimate of drug-likeness (QED) is 0.842. The molecule has 0 spiro atoms. The maximum Gasteiger partial charge on any atom is 0.244 e. The van der Waals surface area contributed by atoms with Crippen LogP contribution in [0.25, 0.3) is 0 Å². The van der Waals surface area contributed by atoms with Crippen molar-refractivity contribution >= 4 is 21.6 Å². The zero-order valence-electron chi connectivity index (χ0n) is 11.6. The number of benzene rings is 1. The van der Waals surface area contributed by atoms with Crippen LogP contribution in [0.3, 0.4) is 0 Å². The van der Waals surface area contributed by atoms with Crippen LogP contribution in [0.15, 0.2) is 23.1 Å². The maximum atomic E-state index is 12.4. The van der Waals surface area contributed by atoms with Gasteiger partial charge in [0.25, 0.3) is 0 Å². The van der Waals surface area contributed by atoms with E-state index in [1.807, 2.05) is 19.9 Å². The van der Waals surface area contributed by atoms with Crippen molar-refractivity contribution in [2.75, 3.05) is 20.1 Å². The van der Waals surface area contributed by atoms with Gasteiger partial charge in [0.05, 0.1) is 5.02 Å². The van der Waals surface area contributed by atoms with Crippen molar-refractivity contribution in [1.29, 1.82) is 0 Å². The van der Waals surface area contributed by atoms with Crippen molar-refractivity contribution in [2.45, 2.75) is 31.7 Å². The van der Waals surface area contributed by atoms with E-state index in [4.69, 9.17) is 11.6 Å². The largest absolute Gasteiger partial charge is 0.313 e. The first kappa shape index (κ1) is 16.4. The molecule has 1 aromatic carbocycles. The van der Waals surface area contributed by atoms with Crippen LogP contribution in [0.4, 0.5) is 0 Å². The van der Waals surface area contributed by atoms with Gasteiger partial charge < -0.3 is 5.32 Å². The number of nitrogens with zero attached hydrogens (tertiary/aromatic N) is 1. The Morgan fingerprint density at radius 2 is 2.00 bits per heavy atom. The SMILES string of the molecule is CCCN(C)S(=O)(=O)c1cc(CNCC)ccc1Cl. The lowest BCUT2D eigenvalue weighted by molar-refractivity contribution is 0.468. The minimum atomic E-state index is -3.51. The molecule has 1 rings (SSSR count). The van der Waals surface area contributed by atoms with Crippen molar-refractivity contribution in [1.82, 2.24) is 9.62 Å². The first-order valence-corrected chi connectivity index (χ1v) is 8.20. The first-order chi connectivity index (χ1) is 8.93. The molecule has 6 heteroatoms. The highest BCUT2D eigenvalue weighted by molar-refractivity contribution is 7.89. The standard InChI is InChI=1S/C13H21ClN2O2S/c1-4-8-16(3)19(17,18)13-9-11(10-15-5-2)6-7-12(13)14/h6-7,9,15H,4-5,8,10H2,1-3H3. The molecule has 1 aromatic rings. The molecule has 19 heavy (non-hydrogen) atoms. The second-order valence-corrected chi connectivity index (χ2v) is 6.79. The Kier molecular flexibility index (Phi) is 6.26. The van der Waals surface area contributed by atoms with Gasteiger partial charge in [-0.05, 0) is 30.7 Å². The Bertz CT molecular complexity index is 517. The molecule has 0 aliphatic carbocycles. The summed E-state index contributed by atoms with van der Waals surface area (Å²) in [5, 5.41) is 3.43. The summed E-state index contributed by atoms with van der Waals surface area (Å²) in [4.78, 5) is 0.181. The van der Waals surface area contributed by atoms with Gasteiger partial charge in [0.1, 0.15) is 4.90 Å². The van der Waals surface area contributed by atoms with Gasteiger partial charge >= 0.3 is 0 Å². The van der Waals surface area contributed by atoms with Crippen LogP contribution >= 0.6 is 11.6 Å². The molecule has 0 aliphatic rings. The number of sulfonamides is 1. The van der Waals surface area contributed by atoms with Gasteiger partial charge in [-0.25, -0.2) is 12.7 Å². The van der Waals surface area contributed by atoms with E-state index in [9.17, 15) is 8.42 Å². The van der Waals surface area contributed by atoms with Crippen LogP contribution < -0.4 is 5.32 Å². The molecule has 0 unspecified atom stereocenters. The van der Waals surface area contributed by atoms with Crippen molar-refractivity contribution in [3.05, 3.63) is 28.8 Å². The Labute approximate surface area is 120 Å². The number of nitrogens with one attached hydrogen (secondary N) is 1. The molecule has 0 saturated heterocycles. The highest BCUT2D eigenvalue weighted by atomic mass is 35.5. The van der Waals surface area contributed by atoms with Gasteiger partial charge in [0, 0.05) is 20.1 Å². The molecule has 108 valence electrons. The fourth-order valence-electron chi connectivity index (χ4n) is 1.73. The van der Waals surface area contributed by atoms with Crippen molar-refractivity contribution in [3.63, 3.8) is 0 Å². The summed E-state index contributed by atoms with van der Waals surface area (Å²) in [6.07, 6.45) is 0.768. The highest BCUT2D eigenvalue weighted by Gasteiger charge is 2.23. The minimum absolute atomic E-state index is 0.181. The fourth-order valence-corrected chi connectivity index (χ4v) is 3.51. The number of rotatable bonds is 7. The van der Waals surface area contributed by atoms with Gasteiger partial charge in [0.15, 0.2) is 0 Å². The lowest BCUT2D eigenvalue weighted by Gasteiger charge is -2.17. The Hall–Kier alpha value is -0.620. The molecule has 0 atom stereocenters. The summed E-state index contributed by atoms with van der Waals surface area (Å²) in [6.45, 7) is 5.89. The molecule has 0 saturated carbocycles. The summed E-state index contributed by atoms with van der Waals surface area (Å²) >= 11 is 6.03. The monoisotopic (exact) mass is 304 g/mol. The van der Waals surface area contributed by atoms with Crippen LogP contribution in [0.1, 0.15) is 25.8 Å². The highest BCUT2D eigenvalue weighted by Crippen LogP contribution is 2.25.